The van der Waals surface area contributed by atoms with Gasteiger partial charge in [-0.1, -0.05) is 53.6 Å². The fourth-order valence-electron chi connectivity index (χ4n) is 2.74. The summed E-state index contributed by atoms with van der Waals surface area (Å²) < 4.78 is 1.11. The lowest BCUT2D eigenvalue weighted by Gasteiger charge is -2.12. The number of ketones is 1. The minimum atomic E-state index is -0.335. The quantitative estimate of drug-likeness (QED) is 0.702. The summed E-state index contributed by atoms with van der Waals surface area (Å²) >= 11 is 5.89. The third-order valence-corrected chi connectivity index (χ3v) is 4.43. The lowest BCUT2D eigenvalue weighted by molar-refractivity contribution is -0.120. The number of benzene rings is 2. The summed E-state index contributed by atoms with van der Waals surface area (Å²) in [6.07, 6.45) is 0.343. The van der Waals surface area contributed by atoms with Crippen LogP contribution in [0.25, 0.3) is 10.9 Å². The highest BCUT2D eigenvalue weighted by Crippen LogP contribution is 2.20. The van der Waals surface area contributed by atoms with E-state index in [-0.39, 0.29) is 23.8 Å². The Morgan fingerprint density at radius 3 is 2.64 bits per heavy atom. The van der Waals surface area contributed by atoms with Gasteiger partial charge in [0.05, 0.1) is 5.39 Å². The van der Waals surface area contributed by atoms with Crippen LogP contribution in [0.4, 0.5) is 0 Å². The van der Waals surface area contributed by atoms with Crippen molar-refractivity contribution >= 4 is 28.3 Å². The third kappa shape index (κ3) is 3.94. The van der Waals surface area contributed by atoms with E-state index in [1.165, 1.54) is 5.56 Å². The maximum absolute atomic E-state index is 12.4. The first-order valence-electron chi connectivity index (χ1n) is 8.05. The molecule has 0 aliphatic carbocycles. The molecule has 0 aliphatic heterocycles. The van der Waals surface area contributed by atoms with E-state index in [9.17, 15) is 9.59 Å². The van der Waals surface area contributed by atoms with Crippen LogP contribution in [0, 0.1) is 6.92 Å². The van der Waals surface area contributed by atoms with Crippen LogP contribution in [-0.2, 0) is 11.3 Å². The molecule has 1 heterocycles. The lowest BCUT2D eigenvalue weighted by Crippen LogP contribution is -2.28. The summed E-state index contributed by atoms with van der Waals surface area (Å²) in [4.78, 5) is 24.8. The van der Waals surface area contributed by atoms with Crippen LogP contribution in [0.15, 0.2) is 47.3 Å². The van der Waals surface area contributed by atoms with Gasteiger partial charge in [-0.25, -0.2) is 4.68 Å². The van der Waals surface area contributed by atoms with Gasteiger partial charge in [0.25, 0.3) is 5.56 Å². The van der Waals surface area contributed by atoms with Gasteiger partial charge in [-0.3, -0.25) is 9.59 Å². The van der Waals surface area contributed by atoms with Crippen molar-refractivity contribution in [2.45, 2.75) is 32.7 Å². The number of rotatable bonds is 5. The molecule has 128 valence electrons. The van der Waals surface area contributed by atoms with Crippen molar-refractivity contribution in [3.05, 3.63) is 69.0 Å². The first kappa shape index (κ1) is 17.3. The topological polar surface area (TPSA) is 64.8 Å². The van der Waals surface area contributed by atoms with Crippen molar-refractivity contribution < 1.29 is 4.79 Å². The van der Waals surface area contributed by atoms with Gasteiger partial charge >= 0.3 is 0 Å². The molecule has 0 unspecified atom stereocenters. The zero-order chi connectivity index (χ0) is 18.0. The van der Waals surface area contributed by atoms with Crippen LogP contribution < -0.4 is 5.56 Å². The molecule has 1 aromatic heterocycles. The van der Waals surface area contributed by atoms with Crippen molar-refractivity contribution in [2.24, 2.45) is 0 Å². The summed E-state index contributed by atoms with van der Waals surface area (Å²) in [5.74, 6) is 0.0220. The predicted molar refractivity (Wildman–Crippen MR) is 98.0 cm³/mol. The Bertz CT molecular complexity index is 980. The maximum atomic E-state index is 12.4. The van der Waals surface area contributed by atoms with Crippen LogP contribution in [-0.4, -0.2) is 20.8 Å². The molecule has 3 aromatic rings. The van der Waals surface area contributed by atoms with Gasteiger partial charge in [0.15, 0.2) is 5.78 Å². The Morgan fingerprint density at radius 1 is 1.20 bits per heavy atom. The number of carbonyl (C=O) groups excluding carboxylic acids is 1. The number of hydrogen-bond donors (Lipinski definition) is 0. The molecule has 0 radical (unpaired) electrons. The van der Waals surface area contributed by atoms with Crippen molar-refractivity contribution in [1.29, 1.82) is 0 Å². The molecule has 0 saturated heterocycles. The number of hydrogen-bond acceptors (Lipinski definition) is 4. The van der Waals surface area contributed by atoms with Gasteiger partial charge in [0.1, 0.15) is 12.1 Å². The first-order chi connectivity index (χ1) is 11.9. The van der Waals surface area contributed by atoms with E-state index in [2.05, 4.69) is 10.3 Å². The molecule has 1 atom stereocenters. The van der Waals surface area contributed by atoms with Crippen molar-refractivity contribution in [3.8, 4) is 0 Å². The second-order valence-corrected chi connectivity index (χ2v) is 6.70. The fraction of sp³-hybridized carbons (Fsp3) is 0.263. The van der Waals surface area contributed by atoms with Gasteiger partial charge in [-0.05, 0) is 36.6 Å². The van der Waals surface area contributed by atoms with E-state index in [1.54, 1.807) is 18.2 Å². The summed E-state index contributed by atoms with van der Waals surface area (Å²) in [6, 6.07) is 12.9. The molecule has 25 heavy (non-hydrogen) atoms. The van der Waals surface area contributed by atoms with Gasteiger partial charge < -0.3 is 0 Å². The molecule has 2 aromatic carbocycles. The van der Waals surface area contributed by atoms with Crippen LogP contribution in [0.1, 0.15) is 30.4 Å². The number of aryl methyl sites for hydroxylation is 1. The summed E-state index contributed by atoms with van der Waals surface area (Å²) in [6.45, 7) is 3.94. The second kappa shape index (κ2) is 7.15. The average Bonchev–Trinajstić information content (AvgIpc) is 2.58. The SMILES string of the molecule is Cc1ccc([C@H](C)CC(=O)Cn2nnc3cc(Cl)ccc3c2=O)cc1. The van der Waals surface area contributed by atoms with Crippen LogP contribution in [0.5, 0.6) is 0 Å². The lowest BCUT2D eigenvalue weighted by atomic mass is 9.95. The highest BCUT2D eigenvalue weighted by Gasteiger charge is 2.14. The van der Waals surface area contributed by atoms with Gasteiger partial charge in [-0.15, -0.1) is 5.10 Å². The fourth-order valence-corrected chi connectivity index (χ4v) is 2.91. The van der Waals surface area contributed by atoms with E-state index in [1.807, 2.05) is 38.1 Å². The molecule has 5 nitrogen and oxygen atoms in total. The Labute approximate surface area is 150 Å². The van der Waals surface area contributed by atoms with E-state index >= 15 is 0 Å². The normalized spacial score (nSPS) is 12.3. The zero-order valence-corrected chi connectivity index (χ0v) is 14.8. The Kier molecular flexibility index (Phi) is 4.95. The van der Waals surface area contributed by atoms with Crippen molar-refractivity contribution in [2.75, 3.05) is 0 Å². The standard InChI is InChI=1S/C19H18ClN3O2/c1-12-3-5-14(6-4-12)13(2)9-16(24)11-23-19(25)17-8-7-15(20)10-18(17)21-22-23/h3-8,10,13H,9,11H2,1-2H3/t13-/m1/s1. The van der Waals surface area contributed by atoms with Gasteiger partial charge in [-0.2, -0.15) is 0 Å². The largest absolute Gasteiger partial charge is 0.298 e. The Hall–Kier alpha value is -2.53. The Balaban J connectivity index is 1.75. The van der Waals surface area contributed by atoms with E-state index in [0.29, 0.717) is 22.3 Å². The Morgan fingerprint density at radius 2 is 1.92 bits per heavy atom. The summed E-state index contributed by atoms with van der Waals surface area (Å²) in [5, 5.41) is 8.72. The van der Waals surface area contributed by atoms with E-state index in [4.69, 9.17) is 11.6 Å². The highest BCUT2D eigenvalue weighted by atomic mass is 35.5. The number of Topliss-reactive ketones (excluding diaryl/α,β-unsaturated/α-hetero) is 1. The number of nitrogens with zero attached hydrogens (tertiary/aromatic N) is 3. The van der Waals surface area contributed by atoms with E-state index < -0.39 is 0 Å². The summed E-state index contributed by atoms with van der Waals surface area (Å²) in [7, 11) is 0. The number of halogens is 1. The van der Waals surface area contributed by atoms with Crippen molar-refractivity contribution in [3.63, 3.8) is 0 Å². The molecule has 6 heteroatoms. The molecule has 3 rings (SSSR count). The third-order valence-electron chi connectivity index (χ3n) is 4.19. The molecule has 0 spiro atoms. The molecular formula is C19H18ClN3O2. The van der Waals surface area contributed by atoms with Gasteiger partial charge in [0, 0.05) is 11.4 Å². The van der Waals surface area contributed by atoms with Crippen LogP contribution >= 0.6 is 11.6 Å². The minimum Gasteiger partial charge on any atom is -0.298 e. The van der Waals surface area contributed by atoms with Crippen molar-refractivity contribution in [1.82, 2.24) is 15.0 Å². The molecule has 0 amide bonds. The second-order valence-electron chi connectivity index (χ2n) is 6.27. The zero-order valence-electron chi connectivity index (χ0n) is 14.1. The van der Waals surface area contributed by atoms with Gasteiger partial charge in [0.2, 0.25) is 0 Å². The molecular weight excluding hydrogens is 338 g/mol. The maximum Gasteiger partial charge on any atom is 0.278 e. The average molecular weight is 356 g/mol. The number of carbonyl (C=O) groups is 1. The number of aromatic nitrogens is 3. The van der Waals surface area contributed by atoms with Crippen LogP contribution in [0.3, 0.4) is 0 Å². The molecule has 0 aliphatic rings. The molecule has 0 bridgehead atoms. The molecule has 0 fully saturated rings. The minimum absolute atomic E-state index is 0.0576. The number of fused-ring (bicyclic) bond motifs is 1. The smallest absolute Gasteiger partial charge is 0.278 e. The molecule has 0 N–H and O–H groups in total. The molecule has 0 saturated carbocycles. The highest BCUT2D eigenvalue weighted by molar-refractivity contribution is 6.31. The first-order valence-corrected chi connectivity index (χ1v) is 8.43. The summed E-state index contributed by atoms with van der Waals surface area (Å²) in [5.41, 5.74) is 2.37. The van der Waals surface area contributed by atoms with E-state index in [0.717, 1.165) is 10.2 Å². The van der Waals surface area contributed by atoms with Crippen LogP contribution in [0.2, 0.25) is 5.02 Å². The monoisotopic (exact) mass is 355 g/mol. The predicted octanol–water partition coefficient (Wildman–Crippen LogP) is 3.52.